The van der Waals surface area contributed by atoms with Crippen molar-refractivity contribution < 1.29 is 0 Å². The lowest BCUT2D eigenvalue weighted by Crippen LogP contribution is -2.21. The van der Waals surface area contributed by atoms with Crippen LogP contribution in [0.3, 0.4) is 0 Å². The molecule has 0 radical (unpaired) electrons. The lowest BCUT2D eigenvalue weighted by atomic mass is 10.1. The van der Waals surface area contributed by atoms with Crippen LogP contribution < -0.4 is 5.32 Å². The lowest BCUT2D eigenvalue weighted by Gasteiger charge is -2.11. The number of rotatable bonds is 6. The molecule has 0 amide bonds. The minimum absolute atomic E-state index is 0.778. The molecule has 1 unspecified atom stereocenters. The first-order chi connectivity index (χ1) is 6.77. The van der Waals surface area contributed by atoms with E-state index in [0.717, 1.165) is 25.6 Å². The molecule has 0 bridgehead atoms. The fourth-order valence-corrected chi connectivity index (χ4v) is 1.51. The molecule has 14 heavy (non-hydrogen) atoms. The average Bonchev–Trinajstić information content (AvgIpc) is 2.65. The standard InChI is InChI=1S/C12H22N2/c1-4-11(3)9-13-10-12-7-6-8-14(12)5-2/h6-8,11,13H,4-5,9-10H2,1-3H3. The first-order valence-corrected chi connectivity index (χ1v) is 5.62. The molecule has 2 nitrogen and oxygen atoms in total. The number of hydrogen-bond donors (Lipinski definition) is 1. The normalized spacial score (nSPS) is 13.1. The second-order valence-electron chi connectivity index (χ2n) is 3.93. The van der Waals surface area contributed by atoms with Gasteiger partial charge >= 0.3 is 0 Å². The van der Waals surface area contributed by atoms with Gasteiger partial charge in [0.2, 0.25) is 0 Å². The van der Waals surface area contributed by atoms with E-state index in [-0.39, 0.29) is 0 Å². The lowest BCUT2D eigenvalue weighted by molar-refractivity contribution is 0.492. The van der Waals surface area contributed by atoms with E-state index >= 15 is 0 Å². The zero-order valence-corrected chi connectivity index (χ0v) is 9.59. The molecule has 0 aliphatic rings. The number of hydrogen-bond acceptors (Lipinski definition) is 1. The fraction of sp³-hybridized carbons (Fsp3) is 0.667. The Bertz CT molecular complexity index is 253. The Hall–Kier alpha value is -0.760. The van der Waals surface area contributed by atoms with Crippen molar-refractivity contribution in [3.8, 4) is 0 Å². The predicted molar refractivity (Wildman–Crippen MR) is 61.3 cm³/mol. The predicted octanol–water partition coefficient (Wildman–Crippen LogP) is 2.64. The number of aromatic nitrogens is 1. The molecule has 1 rings (SSSR count). The summed E-state index contributed by atoms with van der Waals surface area (Å²) in [6.45, 7) is 9.87. The molecule has 0 aliphatic carbocycles. The second-order valence-corrected chi connectivity index (χ2v) is 3.93. The Morgan fingerprint density at radius 1 is 1.43 bits per heavy atom. The molecule has 0 saturated heterocycles. The van der Waals surface area contributed by atoms with Crippen LogP contribution in [0.1, 0.15) is 32.9 Å². The Labute approximate surface area is 87.3 Å². The van der Waals surface area contributed by atoms with Crippen LogP contribution >= 0.6 is 0 Å². The average molecular weight is 194 g/mol. The monoisotopic (exact) mass is 194 g/mol. The molecule has 1 aromatic heterocycles. The molecule has 0 aliphatic heterocycles. The van der Waals surface area contributed by atoms with Gasteiger partial charge in [-0.2, -0.15) is 0 Å². The molecular weight excluding hydrogens is 172 g/mol. The first-order valence-electron chi connectivity index (χ1n) is 5.62. The highest BCUT2D eigenvalue weighted by molar-refractivity contribution is 5.06. The van der Waals surface area contributed by atoms with Crippen LogP contribution in [0.4, 0.5) is 0 Å². The van der Waals surface area contributed by atoms with Gasteiger partial charge in [-0.15, -0.1) is 0 Å². The summed E-state index contributed by atoms with van der Waals surface area (Å²) in [5.74, 6) is 0.778. The van der Waals surface area contributed by atoms with E-state index in [1.165, 1.54) is 12.1 Å². The van der Waals surface area contributed by atoms with Crippen LogP contribution in [0.5, 0.6) is 0 Å². The van der Waals surface area contributed by atoms with Crippen molar-refractivity contribution in [1.29, 1.82) is 0 Å². The molecule has 1 N–H and O–H groups in total. The number of nitrogens with zero attached hydrogens (tertiary/aromatic N) is 1. The van der Waals surface area contributed by atoms with E-state index in [2.05, 4.69) is 49.0 Å². The summed E-state index contributed by atoms with van der Waals surface area (Å²) in [5, 5.41) is 3.49. The maximum absolute atomic E-state index is 3.49. The molecule has 1 atom stereocenters. The van der Waals surface area contributed by atoms with Gasteiger partial charge in [-0.05, 0) is 31.5 Å². The Kier molecular flexibility index (Phi) is 4.74. The van der Waals surface area contributed by atoms with Gasteiger partial charge in [0.15, 0.2) is 0 Å². The summed E-state index contributed by atoms with van der Waals surface area (Å²) in [5.41, 5.74) is 1.39. The highest BCUT2D eigenvalue weighted by Crippen LogP contribution is 2.03. The van der Waals surface area contributed by atoms with Gasteiger partial charge in [0, 0.05) is 25.0 Å². The van der Waals surface area contributed by atoms with Gasteiger partial charge in [-0.3, -0.25) is 0 Å². The fourth-order valence-electron chi connectivity index (χ4n) is 1.51. The van der Waals surface area contributed by atoms with E-state index in [9.17, 15) is 0 Å². The Morgan fingerprint density at radius 3 is 2.86 bits per heavy atom. The molecule has 1 heterocycles. The summed E-state index contributed by atoms with van der Waals surface area (Å²) in [4.78, 5) is 0. The summed E-state index contributed by atoms with van der Waals surface area (Å²) in [6.07, 6.45) is 3.39. The summed E-state index contributed by atoms with van der Waals surface area (Å²) >= 11 is 0. The van der Waals surface area contributed by atoms with E-state index in [4.69, 9.17) is 0 Å². The van der Waals surface area contributed by atoms with Gasteiger partial charge in [-0.25, -0.2) is 0 Å². The Morgan fingerprint density at radius 2 is 2.21 bits per heavy atom. The first kappa shape index (κ1) is 11.3. The van der Waals surface area contributed by atoms with Crippen molar-refractivity contribution in [2.24, 2.45) is 5.92 Å². The van der Waals surface area contributed by atoms with Crippen LogP contribution in [-0.4, -0.2) is 11.1 Å². The second kappa shape index (κ2) is 5.86. The van der Waals surface area contributed by atoms with Gasteiger partial charge in [-0.1, -0.05) is 20.3 Å². The largest absolute Gasteiger partial charge is 0.351 e. The van der Waals surface area contributed by atoms with Crippen molar-refractivity contribution in [2.45, 2.75) is 40.3 Å². The molecule has 0 saturated carbocycles. The molecule has 0 aromatic carbocycles. The van der Waals surface area contributed by atoms with E-state index < -0.39 is 0 Å². The minimum Gasteiger partial charge on any atom is -0.351 e. The topological polar surface area (TPSA) is 17.0 Å². The molecule has 0 fully saturated rings. The third-order valence-corrected chi connectivity index (χ3v) is 2.76. The van der Waals surface area contributed by atoms with Crippen LogP contribution in [-0.2, 0) is 13.1 Å². The van der Waals surface area contributed by atoms with Gasteiger partial charge in [0.25, 0.3) is 0 Å². The van der Waals surface area contributed by atoms with Crippen molar-refractivity contribution in [3.63, 3.8) is 0 Å². The van der Waals surface area contributed by atoms with Crippen molar-refractivity contribution >= 4 is 0 Å². The molecule has 0 spiro atoms. The molecular formula is C12H22N2. The zero-order chi connectivity index (χ0) is 10.4. The van der Waals surface area contributed by atoms with Crippen LogP contribution in [0.2, 0.25) is 0 Å². The SMILES string of the molecule is CCC(C)CNCc1cccn1CC. The molecule has 1 aromatic rings. The maximum atomic E-state index is 3.49. The third-order valence-electron chi connectivity index (χ3n) is 2.76. The van der Waals surface area contributed by atoms with E-state index in [0.29, 0.717) is 0 Å². The van der Waals surface area contributed by atoms with E-state index in [1.807, 2.05) is 0 Å². The number of aryl methyl sites for hydroxylation is 1. The van der Waals surface area contributed by atoms with Crippen LogP contribution in [0, 0.1) is 5.92 Å². The summed E-state index contributed by atoms with van der Waals surface area (Å²) in [7, 11) is 0. The quantitative estimate of drug-likeness (QED) is 0.736. The van der Waals surface area contributed by atoms with Crippen molar-refractivity contribution in [3.05, 3.63) is 24.0 Å². The smallest absolute Gasteiger partial charge is 0.0359 e. The van der Waals surface area contributed by atoms with E-state index in [1.54, 1.807) is 0 Å². The van der Waals surface area contributed by atoms with Crippen LogP contribution in [0.15, 0.2) is 18.3 Å². The van der Waals surface area contributed by atoms with Gasteiger partial charge < -0.3 is 9.88 Å². The maximum Gasteiger partial charge on any atom is 0.0359 e. The highest BCUT2D eigenvalue weighted by Gasteiger charge is 2.00. The zero-order valence-electron chi connectivity index (χ0n) is 9.59. The minimum atomic E-state index is 0.778. The molecule has 2 heteroatoms. The summed E-state index contributed by atoms with van der Waals surface area (Å²) in [6, 6.07) is 4.30. The highest BCUT2D eigenvalue weighted by atomic mass is 15.0. The summed E-state index contributed by atoms with van der Waals surface area (Å²) < 4.78 is 2.28. The van der Waals surface area contributed by atoms with Crippen LogP contribution in [0.25, 0.3) is 0 Å². The van der Waals surface area contributed by atoms with Gasteiger partial charge in [0.05, 0.1) is 0 Å². The third kappa shape index (κ3) is 3.18. The van der Waals surface area contributed by atoms with Crippen molar-refractivity contribution in [1.82, 2.24) is 9.88 Å². The van der Waals surface area contributed by atoms with Gasteiger partial charge in [0.1, 0.15) is 0 Å². The number of nitrogens with one attached hydrogen (secondary N) is 1. The van der Waals surface area contributed by atoms with Crippen molar-refractivity contribution in [2.75, 3.05) is 6.54 Å². The molecule has 80 valence electrons. The Balaban J connectivity index is 2.31.